The quantitative estimate of drug-likeness (QED) is 0.893. The Bertz CT molecular complexity index is 458. The minimum absolute atomic E-state index is 0.0241. The molecule has 0 aliphatic carbocycles. The molecule has 0 heterocycles. The molecule has 102 valence electrons. The van der Waals surface area contributed by atoms with Crippen molar-refractivity contribution in [1.29, 1.82) is 0 Å². The van der Waals surface area contributed by atoms with Crippen LogP contribution in [0, 0.1) is 0 Å². The van der Waals surface area contributed by atoms with E-state index >= 15 is 0 Å². The summed E-state index contributed by atoms with van der Waals surface area (Å²) < 4.78 is 23.3. The number of aliphatic hydroxyl groups excluding tert-OH is 1. The van der Waals surface area contributed by atoms with Crippen LogP contribution >= 0.6 is 0 Å². The molecule has 0 radical (unpaired) electrons. The van der Waals surface area contributed by atoms with Gasteiger partial charge in [-0.05, 0) is 32.8 Å². The van der Waals surface area contributed by atoms with Crippen LogP contribution < -0.4 is 0 Å². The Kier molecular flexibility index (Phi) is 4.93. The maximum Gasteiger partial charge on any atom is 0.155 e. The topological polar surface area (TPSA) is 54.4 Å². The first-order valence-corrected chi connectivity index (χ1v) is 7.81. The molecule has 1 atom stereocenters. The number of aliphatic hydroxyl groups is 1. The zero-order valence-corrected chi connectivity index (χ0v) is 12.1. The molecule has 0 bridgehead atoms. The van der Waals surface area contributed by atoms with Gasteiger partial charge in [-0.15, -0.1) is 0 Å². The number of sulfone groups is 1. The summed E-state index contributed by atoms with van der Waals surface area (Å²) in [4.78, 5) is 0. The number of rotatable bonds is 5. The lowest BCUT2D eigenvalue weighted by atomic mass is 9.98. The molecule has 1 rings (SSSR count). The first kappa shape index (κ1) is 15.2. The molecular weight excluding hydrogens is 248 g/mol. The van der Waals surface area contributed by atoms with E-state index < -0.39 is 14.6 Å². The molecule has 0 saturated heterocycles. The monoisotopic (exact) mass is 270 g/mol. The summed E-state index contributed by atoms with van der Waals surface area (Å²) in [7, 11) is -3.12. The maximum atomic E-state index is 12.0. The molecule has 1 N–H and O–H groups in total. The highest BCUT2D eigenvalue weighted by Crippen LogP contribution is 2.23. The minimum Gasteiger partial charge on any atom is -0.396 e. The Morgan fingerprint density at radius 3 is 2.17 bits per heavy atom. The lowest BCUT2D eigenvalue weighted by molar-refractivity contribution is 0.262. The fraction of sp³-hybridized carbons (Fsp3) is 0.571. The standard InChI is InChI=1S/C14H22O3S/c1-14(2,3)18(16,17)10-9-13(11-15)12-7-5-4-6-8-12/h4-8,13,15H,9-11H2,1-3H3. The zero-order chi connectivity index (χ0) is 13.8. The van der Waals surface area contributed by atoms with Gasteiger partial charge in [-0.1, -0.05) is 30.3 Å². The molecule has 1 aromatic rings. The van der Waals surface area contributed by atoms with Crippen molar-refractivity contribution in [3.05, 3.63) is 35.9 Å². The van der Waals surface area contributed by atoms with Crippen molar-refractivity contribution in [3.63, 3.8) is 0 Å². The molecule has 4 heteroatoms. The summed E-state index contributed by atoms with van der Waals surface area (Å²) in [5.74, 6) is -0.000274. The van der Waals surface area contributed by atoms with E-state index in [-0.39, 0.29) is 18.3 Å². The Balaban J connectivity index is 2.73. The SMILES string of the molecule is CC(C)(C)S(=O)(=O)CCC(CO)c1ccccc1. The van der Waals surface area contributed by atoms with E-state index in [2.05, 4.69) is 0 Å². The summed E-state index contributed by atoms with van der Waals surface area (Å²) in [6.45, 7) is 5.10. The molecule has 0 fully saturated rings. The van der Waals surface area contributed by atoms with Gasteiger partial charge in [-0.25, -0.2) is 8.42 Å². The van der Waals surface area contributed by atoms with E-state index in [0.29, 0.717) is 6.42 Å². The predicted molar refractivity (Wildman–Crippen MR) is 74.4 cm³/mol. The van der Waals surface area contributed by atoms with E-state index in [1.54, 1.807) is 20.8 Å². The molecule has 0 aliphatic heterocycles. The van der Waals surface area contributed by atoms with Crippen molar-refractivity contribution < 1.29 is 13.5 Å². The second-order valence-electron chi connectivity index (χ2n) is 5.51. The second-order valence-corrected chi connectivity index (χ2v) is 8.37. The van der Waals surface area contributed by atoms with Crippen molar-refractivity contribution in [2.45, 2.75) is 37.9 Å². The third-order valence-electron chi connectivity index (χ3n) is 3.16. The van der Waals surface area contributed by atoms with E-state index in [1.165, 1.54) is 0 Å². The van der Waals surface area contributed by atoms with E-state index in [4.69, 9.17) is 0 Å². The van der Waals surface area contributed by atoms with Crippen LogP contribution in [0.2, 0.25) is 0 Å². The zero-order valence-electron chi connectivity index (χ0n) is 11.3. The first-order valence-electron chi connectivity index (χ1n) is 6.16. The van der Waals surface area contributed by atoms with Gasteiger partial charge in [0, 0.05) is 12.5 Å². The lowest BCUT2D eigenvalue weighted by Crippen LogP contribution is -2.31. The van der Waals surface area contributed by atoms with Gasteiger partial charge in [0.25, 0.3) is 0 Å². The van der Waals surface area contributed by atoms with Crippen molar-refractivity contribution >= 4 is 9.84 Å². The van der Waals surface area contributed by atoms with Gasteiger partial charge in [0.2, 0.25) is 0 Å². The van der Waals surface area contributed by atoms with Crippen LogP contribution in [0.25, 0.3) is 0 Å². The number of hydrogen-bond donors (Lipinski definition) is 1. The van der Waals surface area contributed by atoms with Gasteiger partial charge in [0.05, 0.1) is 10.5 Å². The van der Waals surface area contributed by atoms with Crippen LogP contribution in [0.1, 0.15) is 38.7 Å². The minimum atomic E-state index is -3.12. The second kappa shape index (κ2) is 5.85. The van der Waals surface area contributed by atoms with Gasteiger partial charge >= 0.3 is 0 Å². The summed E-state index contributed by atoms with van der Waals surface area (Å²) in [6.07, 6.45) is 0.458. The highest BCUT2D eigenvalue weighted by atomic mass is 32.2. The molecular formula is C14H22O3S. The van der Waals surface area contributed by atoms with E-state index in [0.717, 1.165) is 5.56 Å². The summed E-state index contributed by atoms with van der Waals surface area (Å²) in [5, 5.41) is 9.38. The van der Waals surface area contributed by atoms with Crippen LogP contribution in [0.3, 0.4) is 0 Å². The van der Waals surface area contributed by atoms with Gasteiger partial charge in [-0.2, -0.15) is 0 Å². The third kappa shape index (κ3) is 3.82. The van der Waals surface area contributed by atoms with Crippen molar-refractivity contribution in [2.24, 2.45) is 0 Å². The van der Waals surface area contributed by atoms with Gasteiger partial charge in [0.15, 0.2) is 9.84 Å². The summed E-state index contributed by atoms with van der Waals surface area (Å²) >= 11 is 0. The third-order valence-corrected chi connectivity index (χ3v) is 5.80. The number of benzene rings is 1. The smallest absolute Gasteiger partial charge is 0.155 e. The number of hydrogen-bond acceptors (Lipinski definition) is 3. The van der Waals surface area contributed by atoms with Crippen LogP contribution in [0.5, 0.6) is 0 Å². The van der Waals surface area contributed by atoms with Crippen LogP contribution in [0.15, 0.2) is 30.3 Å². The molecule has 0 saturated carbocycles. The normalized spacial score (nSPS) is 14.4. The lowest BCUT2D eigenvalue weighted by Gasteiger charge is -2.21. The highest BCUT2D eigenvalue weighted by molar-refractivity contribution is 7.92. The van der Waals surface area contributed by atoms with E-state index in [1.807, 2.05) is 30.3 Å². The van der Waals surface area contributed by atoms with Crippen LogP contribution in [-0.4, -0.2) is 30.6 Å². The Labute approximate surface area is 110 Å². The Morgan fingerprint density at radius 1 is 1.17 bits per heavy atom. The average molecular weight is 270 g/mol. The van der Waals surface area contributed by atoms with Gasteiger partial charge in [-0.3, -0.25) is 0 Å². The van der Waals surface area contributed by atoms with Crippen molar-refractivity contribution in [3.8, 4) is 0 Å². The fourth-order valence-corrected chi connectivity index (χ4v) is 2.90. The van der Waals surface area contributed by atoms with Crippen molar-refractivity contribution in [1.82, 2.24) is 0 Å². The van der Waals surface area contributed by atoms with Crippen LogP contribution in [0.4, 0.5) is 0 Å². The Morgan fingerprint density at radius 2 is 1.72 bits per heavy atom. The van der Waals surface area contributed by atoms with E-state index in [9.17, 15) is 13.5 Å². The molecule has 0 aromatic heterocycles. The molecule has 3 nitrogen and oxygen atoms in total. The predicted octanol–water partition coefficient (Wildman–Crippen LogP) is 2.37. The molecule has 0 spiro atoms. The van der Waals surface area contributed by atoms with Gasteiger partial charge in [0.1, 0.15) is 0 Å². The Hall–Kier alpha value is -0.870. The first-order chi connectivity index (χ1) is 8.28. The molecule has 1 unspecified atom stereocenters. The van der Waals surface area contributed by atoms with Gasteiger partial charge < -0.3 is 5.11 Å². The molecule has 0 aliphatic rings. The molecule has 0 amide bonds. The average Bonchev–Trinajstić information content (AvgIpc) is 2.29. The largest absolute Gasteiger partial charge is 0.396 e. The molecule has 18 heavy (non-hydrogen) atoms. The fourth-order valence-electron chi connectivity index (χ4n) is 1.69. The summed E-state index contributed by atoms with van der Waals surface area (Å²) in [6, 6.07) is 9.55. The summed E-state index contributed by atoms with van der Waals surface area (Å²) in [5.41, 5.74) is 0.990. The maximum absolute atomic E-state index is 12.0. The highest BCUT2D eigenvalue weighted by Gasteiger charge is 2.29. The molecule has 1 aromatic carbocycles. The van der Waals surface area contributed by atoms with Crippen LogP contribution in [-0.2, 0) is 9.84 Å². The van der Waals surface area contributed by atoms with Crippen molar-refractivity contribution in [2.75, 3.05) is 12.4 Å².